The fourth-order valence-corrected chi connectivity index (χ4v) is 5.55. The van der Waals surface area contributed by atoms with E-state index in [0.29, 0.717) is 32.2 Å². The van der Waals surface area contributed by atoms with Crippen molar-refractivity contribution in [2.45, 2.75) is 30.9 Å². The summed E-state index contributed by atoms with van der Waals surface area (Å²) in [6.45, 7) is 3.37. The SMILES string of the molecule is COCCOc1cc(C2CC(c3ccc(CC(F)(F)F)cc3)CN(C(=O)N3CCSCC3)C2)[nH]n1. The van der Waals surface area contributed by atoms with Gasteiger partial charge in [-0.15, -0.1) is 5.10 Å². The van der Waals surface area contributed by atoms with E-state index in [0.717, 1.165) is 42.3 Å². The van der Waals surface area contributed by atoms with E-state index in [1.54, 1.807) is 31.4 Å². The molecule has 1 aromatic heterocycles. The number of piperidine rings is 1. The van der Waals surface area contributed by atoms with E-state index in [2.05, 4.69) is 10.2 Å². The summed E-state index contributed by atoms with van der Waals surface area (Å²) in [5.41, 5.74) is 2.05. The van der Waals surface area contributed by atoms with Crippen LogP contribution in [0.3, 0.4) is 0 Å². The van der Waals surface area contributed by atoms with Crippen LogP contribution in [0.5, 0.6) is 5.88 Å². The Bertz CT molecular complexity index is 964. The van der Waals surface area contributed by atoms with Crippen LogP contribution in [0.4, 0.5) is 18.0 Å². The highest BCUT2D eigenvalue weighted by molar-refractivity contribution is 7.99. The zero-order chi connectivity index (χ0) is 24.8. The predicted molar refractivity (Wildman–Crippen MR) is 128 cm³/mol. The number of carbonyl (C=O) groups excluding carboxylic acids is 1. The summed E-state index contributed by atoms with van der Waals surface area (Å²) in [6.07, 6.45) is -4.44. The maximum atomic E-state index is 13.4. The Labute approximate surface area is 207 Å². The lowest BCUT2D eigenvalue weighted by Crippen LogP contribution is -2.51. The number of alkyl halides is 3. The molecule has 0 spiro atoms. The predicted octanol–water partition coefficient (Wildman–Crippen LogP) is 4.28. The molecule has 2 unspecified atom stereocenters. The monoisotopic (exact) mass is 512 g/mol. The Hall–Kier alpha value is -2.40. The third-order valence-corrected chi connectivity index (χ3v) is 7.35. The number of halogens is 3. The fourth-order valence-electron chi connectivity index (χ4n) is 4.65. The van der Waals surface area contributed by atoms with Crippen LogP contribution < -0.4 is 4.74 Å². The van der Waals surface area contributed by atoms with Crippen LogP contribution in [0, 0.1) is 0 Å². The van der Waals surface area contributed by atoms with Crippen LogP contribution in [-0.2, 0) is 11.2 Å². The molecule has 1 aromatic carbocycles. The summed E-state index contributed by atoms with van der Waals surface area (Å²) in [7, 11) is 1.60. The summed E-state index contributed by atoms with van der Waals surface area (Å²) >= 11 is 1.84. The molecule has 2 aliphatic heterocycles. The molecule has 1 N–H and O–H groups in total. The summed E-state index contributed by atoms with van der Waals surface area (Å²) in [5, 5.41) is 7.29. The molecular formula is C24H31F3N4O3S. The molecule has 0 radical (unpaired) electrons. The van der Waals surface area contributed by atoms with Crippen LogP contribution in [-0.4, -0.2) is 90.2 Å². The average molecular weight is 513 g/mol. The lowest BCUT2D eigenvalue weighted by molar-refractivity contribution is -0.127. The highest BCUT2D eigenvalue weighted by Gasteiger charge is 2.35. The molecule has 3 heterocycles. The number of aromatic nitrogens is 2. The van der Waals surface area contributed by atoms with Gasteiger partial charge in [0.2, 0.25) is 5.88 Å². The lowest BCUT2D eigenvalue weighted by Gasteiger charge is -2.41. The normalized spacial score (nSPS) is 21.3. The highest BCUT2D eigenvalue weighted by Crippen LogP contribution is 2.37. The molecule has 11 heteroatoms. The Morgan fingerprint density at radius 2 is 1.83 bits per heavy atom. The number of carbonyl (C=O) groups is 1. The van der Waals surface area contributed by atoms with E-state index in [9.17, 15) is 18.0 Å². The first-order valence-electron chi connectivity index (χ1n) is 11.8. The number of nitrogens with one attached hydrogen (secondary N) is 1. The summed E-state index contributed by atoms with van der Waals surface area (Å²) in [6, 6.07) is 8.48. The highest BCUT2D eigenvalue weighted by atomic mass is 32.2. The molecule has 2 aliphatic rings. The molecule has 0 saturated carbocycles. The summed E-state index contributed by atoms with van der Waals surface area (Å²) in [5.74, 6) is 2.32. The minimum Gasteiger partial charge on any atom is -0.474 e. The number of rotatable bonds is 7. The zero-order valence-corrected chi connectivity index (χ0v) is 20.5. The van der Waals surface area contributed by atoms with Gasteiger partial charge in [-0.05, 0) is 17.5 Å². The minimum atomic E-state index is -4.24. The smallest absolute Gasteiger partial charge is 0.393 e. The molecule has 7 nitrogen and oxygen atoms in total. The molecule has 2 saturated heterocycles. The molecular weight excluding hydrogens is 481 g/mol. The molecule has 2 amide bonds. The molecule has 2 fully saturated rings. The Morgan fingerprint density at radius 1 is 1.11 bits per heavy atom. The van der Waals surface area contributed by atoms with Gasteiger partial charge in [0.25, 0.3) is 0 Å². The Kier molecular flexibility index (Phi) is 8.48. The van der Waals surface area contributed by atoms with Crippen molar-refractivity contribution < 1.29 is 27.4 Å². The van der Waals surface area contributed by atoms with Crippen LogP contribution in [0.15, 0.2) is 30.3 Å². The van der Waals surface area contributed by atoms with Gasteiger partial charge in [0.05, 0.1) is 13.0 Å². The van der Waals surface area contributed by atoms with E-state index in [-0.39, 0.29) is 23.4 Å². The molecule has 2 atom stereocenters. The second-order valence-corrected chi connectivity index (χ2v) is 10.2. The quantitative estimate of drug-likeness (QED) is 0.561. The van der Waals surface area contributed by atoms with Crippen LogP contribution in [0.25, 0.3) is 0 Å². The van der Waals surface area contributed by atoms with Crippen LogP contribution >= 0.6 is 11.8 Å². The molecule has 192 valence electrons. The van der Waals surface area contributed by atoms with Crippen molar-refractivity contribution in [3.63, 3.8) is 0 Å². The summed E-state index contributed by atoms with van der Waals surface area (Å²) < 4.78 is 48.9. The lowest BCUT2D eigenvalue weighted by atomic mass is 9.83. The van der Waals surface area contributed by atoms with Crippen molar-refractivity contribution >= 4 is 17.8 Å². The van der Waals surface area contributed by atoms with Gasteiger partial charge < -0.3 is 19.3 Å². The van der Waals surface area contributed by atoms with Gasteiger partial charge in [0, 0.05) is 68.4 Å². The molecule has 35 heavy (non-hydrogen) atoms. The van der Waals surface area contributed by atoms with Crippen molar-refractivity contribution in [3.8, 4) is 5.88 Å². The van der Waals surface area contributed by atoms with Gasteiger partial charge in [0.15, 0.2) is 0 Å². The van der Waals surface area contributed by atoms with Gasteiger partial charge in [-0.2, -0.15) is 24.9 Å². The molecule has 4 rings (SSSR count). The minimum absolute atomic E-state index is 0.000933. The average Bonchev–Trinajstić information content (AvgIpc) is 3.32. The number of methoxy groups -OCH3 is 1. The van der Waals surface area contributed by atoms with Gasteiger partial charge >= 0.3 is 12.2 Å². The van der Waals surface area contributed by atoms with Gasteiger partial charge in [-0.1, -0.05) is 24.3 Å². The van der Waals surface area contributed by atoms with E-state index in [1.807, 2.05) is 27.6 Å². The standard InChI is InChI=1S/C24H31F3N4O3S/c1-33-8-9-34-22-13-21(28-29-22)20-12-19(18-4-2-17(3-5-18)14-24(25,26)27)15-31(16-20)23(32)30-6-10-35-11-7-30/h2-5,13,19-20H,6-12,14-16H2,1H3,(H,28,29). The Morgan fingerprint density at radius 3 is 2.51 bits per heavy atom. The second-order valence-electron chi connectivity index (χ2n) is 8.95. The number of hydrogen-bond acceptors (Lipinski definition) is 5. The number of H-pyrrole nitrogens is 1. The number of urea groups is 1. The van der Waals surface area contributed by atoms with Crippen molar-refractivity contribution in [2.75, 3.05) is 58.0 Å². The molecule has 2 aromatic rings. The number of amides is 2. The summed E-state index contributed by atoms with van der Waals surface area (Å²) in [4.78, 5) is 17.1. The third-order valence-electron chi connectivity index (χ3n) is 6.41. The number of hydrogen-bond donors (Lipinski definition) is 1. The number of thioether (sulfide) groups is 1. The van der Waals surface area contributed by atoms with Crippen molar-refractivity contribution in [3.05, 3.63) is 47.2 Å². The number of aromatic amines is 1. The molecule has 0 bridgehead atoms. The van der Waals surface area contributed by atoms with E-state index < -0.39 is 12.6 Å². The number of likely N-dealkylation sites (tertiary alicyclic amines) is 1. The first-order chi connectivity index (χ1) is 16.8. The first-order valence-corrected chi connectivity index (χ1v) is 12.9. The Balaban J connectivity index is 1.52. The maximum Gasteiger partial charge on any atom is 0.393 e. The van der Waals surface area contributed by atoms with Gasteiger partial charge in [-0.3, -0.25) is 5.10 Å². The first kappa shape index (κ1) is 25.7. The van der Waals surface area contributed by atoms with E-state index in [4.69, 9.17) is 9.47 Å². The second kappa shape index (κ2) is 11.6. The van der Waals surface area contributed by atoms with E-state index in [1.165, 1.54) is 0 Å². The van der Waals surface area contributed by atoms with Crippen molar-refractivity contribution in [2.24, 2.45) is 0 Å². The number of ether oxygens (including phenoxy) is 2. The van der Waals surface area contributed by atoms with Crippen LogP contribution in [0.2, 0.25) is 0 Å². The number of benzene rings is 1. The topological polar surface area (TPSA) is 70.7 Å². The number of nitrogens with zero attached hydrogens (tertiary/aromatic N) is 3. The van der Waals surface area contributed by atoms with Crippen molar-refractivity contribution in [1.29, 1.82) is 0 Å². The van der Waals surface area contributed by atoms with Crippen molar-refractivity contribution in [1.82, 2.24) is 20.0 Å². The van der Waals surface area contributed by atoms with Gasteiger partial charge in [0.1, 0.15) is 6.61 Å². The van der Waals surface area contributed by atoms with E-state index >= 15 is 0 Å². The fraction of sp³-hybridized carbons (Fsp3) is 0.583. The van der Waals surface area contributed by atoms with Gasteiger partial charge in [-0.25, -0.2) is 4.79 Å². The third kappa shape index (κ3) is 7.07. The zero-order valence-electron chi connectivity index (χ0n) is 19.7. The largest absolute Gasteiger partial charge is 0.474 e. The molecule has 0 aliphatic carbocycles. The maximum absolute atomic E-state index is 13.4. The van der Waals surface area contributed by atoms with Crippen LogP contribution in [0.1, 0.15) is 35.1 Å².